The van der Waals surface area contributed by atoms with E-state index in [1.54, 1.807) is 0 Å². The fraction of sp³-hybridized carbons (Fsp3) is 0.625. The highest BCUT2D eigenvalue weighted by atomic mass is 35.5. The number of nitrogens with one attached hydrogen (secondary N) is 1. The number of benzene rings is 1. The fourth-order valence-electron chi connectivity index (χ4n) is 2.66. The smallest absolute Gasteiger partial charge is 0.127 e. The molecule has 2 rings (SSSR count). The van der Waals surface area contributed by atoms with E-state index >= 15 is 0 Å². The van der Waals surface area contributed by atoms with Crippen LogP contribution in [0.25, 0.3) is 0 Å². The zero-order valence-corrected chi connectivity index (χ0v) is 13.3. The first-order chi connectivity index (χ1) is 10.2. The lowest BCUT2D eigenvalue weighted by molar-refractivity contribution is 0.0903. The molecule has 1 heterocycles. The van der Waals surface area contributed by atoms with Gasteiger partial charge >= 0.3 is 0 Å². The summed E-state index contributed by atoms with van der Waals surface area (Å²) in [6.07, 6.45) is 3.00. The minimum Gasteiger partial charge on any atom is -0.493 e. The molecule has 0 saturated carbocycles. The average Bonchev–Trinajstić information content (AvgIpc) is 2.65. The number of rotatable bonds is 7. The van der Waals surface area contributed by atoms with Crippen molar-refractivity contribution in [1.29, 1.82) is 0 Å². The van der Waals surface area contributed by atoms with E-state index in [1.165, 1.54) is 0 Å². The summed E-state index contributed by atoms with van der Waals surface area (Å²) in [5.74, 6) is 0.978. The summed E-state index contributed by atoms with van der Waals surface area (Å²) in [5.41, 5.74) is 2.26. The molecule has 0 amide bonds. The molecule has 1 aliphatic heterocycles. The third kappa shape index (κ3) is 4.85. The van der Waals surface area contributed by atoms with Crippen molar-refractivity contribution < 1.29 is 14.6 Å². The van der Waals surface area contributed by atoms with Gasteiger partial charge < -0.3 is 19.9 Å². The van der Waals surface area contributed by atoms with Crippen LogP contribution >= 0.6 is 11.6 Å². The highest BCUT2D eigenvalue weighted by Crippen LogP contribution is 2.36. The molecule has 0 saturated heterocycles. The molecule has 0 fully saturated rings. The molecule has 0 aliphatic carbocycles. The largest absolute Gasteiger partial charge is 0.493 e. The maximum atomic E-state index is 8.65. The van der Waals surface area contributed by atoms with Crippen molar-refractivity contribution in [3.8, 4) is 5.75 Å². The van der Waals surface area contributed by atoms with Gasteiger partial charge in [0.2, 0.25) is 0 Å². The monoisotopic (exact) mass is 313 g/mol. The Bertz CT molecular complexity index is 453. The van der Waals surface area contributed by atoms with Gasteiger partial charge in [-0.05, 0) is 50.4 Å². The maximum Gasteiger partial charge on any atom is 0.127 e. The van der Waals surface area contributed by atoms with Gasteiger partial charge in [-0.3, -0.25) is 0 Å². The van der Waals surface area contributed by atoms with Crippen molar-refractivity contribution in [2.75, 3.05) is 33.0 Å². The molecule has 5 heteroatoms. The van der Waals surface area contributed by atoms with Gasteiger partial charge in [-0.1, -0.05) is 11.6 Å². The summed E-state index contributed by atoms with van der Waals surface area (Å²) in [5, 5.41) is 13.0. The lowest BCUT2D eigenvalue weighted by atomic mass is 9.99. The highest BCUT2D eigenvalue weighted by Gasteiger charge is 2.21. The van der Waals surface area contributed by atoms with Crippen LogP contribution in [0.4, 0.5) is 0 Å². The van der Waals surface area contributed by atoms with E-state index in [2.05, 4.69) is 5.32 Å². The lowest BCUT2D eigenvalue weighted by Crippen LogP contribution is -2.23. The van der Waals surface area contributed by atoms with Crippen LogP contribution in [-0.4, -0.2) is 38.1 Å². The second-order valence-electron chi connectivity index (χ2n) is 5.33. The first-order valence-corrected chi connectivity index (χ1v) is 7.95. The Morgan fingerprint density at radius 1 is 1.43 bits per heavy atom. The molecule has 1 aromatic rings. The molecule has 0 bridgehead atoms. The van der Waals surface area contributed by atoms with Gasteiger partial charge in [0.25, 0.3) is 0 Å². The minimum atomic E-state index is 0.0819. The molecule has 4 nitrogen and oxygen atoms in total. The van der Waals surface area contributed by atoms with Crippen molar-refractivity contribution >= 4 is 11.6 Å². The zero-order valence-electron chi connectivity index (χ0n) is 12.5. The van der Waals surface area contributed by atoms with Crippen molar-refractivity contribution in [1.82, 2.24) is 5.32 Å². The molecule has 0 aromatic heterocycles. The minimum absolute atomic E-state index is 0.0819. The van der Waals surface area contributed by atoms with E-state index in [0.717, 1.165) is 54.3 Å². The average molecular weight is 314 g/mol. The Morgan fingerprint density at radius 2 is 2.29 bits per heavy atom. The Hall–Kier alpha value is -0.810. The first-order valence-electron chi connectivity index (χ1n) is 7.57. The fourth-order valence-corrected chi connectivity index (χ4v) is 2.94. The van der Waals surface area contributed by atoms with E-state index in [1.807, 2.05) is 19.1 Å². The third-order valence-electron chi connectivity index (χ3n) is 3.62. The van der Waals surface area contributed by atoms with Crippen LogP contribution in [-0.2, 0) is 4.74 Å². The topological polar surface area (TPSA) is 50.7 Å². The number of fused-ring (bicyclic) bond motifs is 1. The first kappa shape index (κ1) is 16.6. The highest BCUT2D eigenvalue weighted by molar-refractivity contribution is 6.30. The van der Waals surface area contributed by atoms with Crippen molar-refractivity contribution in [2.24, 2.45) is 0 Å². The zero-order chi connectivity index (χ0) is 15.1. The van der Waals surface area contributed by atoms with Gasteiger partial charge in [0.1, 0.15) is 5.75 Å². The lowest BCUT2D eigenvalue weighted by Gasteiger charge is -2.20. The molecule has 0 radical (unpaired) electrons. The molecule has 1 aromatic carbocycles. The van der Waals surface area contributed by atoms with E-state index in [-0.39, 0.29) is 12.6 Å². The van der Waals surface area contributed by atoms with E-state index < -0.39 is 0 Å². The normalized spacial score (nSPS) is 18.0. The number of hydrogen-bond acceptors (Lipinski definition) is 4. The van der Waals surface area contributed by atoms with E-state index in [9.17, 15) is 0 Å². The summed E-state index contributed by atoms with van der Waals surface area (Å²) >= 11 is 6.19. The number of aliphatic hydroxyl groups excluding tert-OH is 1. The van der Waals surface area contributed by atoms with Crippen LogP contribution in [0, 0.1) is 6.92 Å². The second-order valence-corrected chi connectivity index (χ2v) is 5.76. The standard InChI is InChI=1S/C16H24ClNO3/c1-12-10-13(17)11-14-15(4-2-8-21-16(12)14)18-5-3-7-20-9-6-19/h10-11,15,18-19H,2-9H2,1H3. The molecule has 21 heavy (non-hydrogen) atoms. The van der Waals surface area contributed by atoms with Gasteiger partial charge in [0.05, 0.1) is 19.8 Å². The van der Waals surface area contributed by atoms with Crippen LogP contribution in [0.15, 0.2) is 12.1 Å². The third-order valence-corrected chi connectivity index (χ3v) is 3.84. The van der Waals surface area contributed by atoms with Crippen molar-refractivity contribution in [3.63, 3.8) is 0 Å². The van der Waals surface area contributed by atoms with Gasteiger partial charge in [0.15, 0.2) is 0 Å². The SMILES string of the molecule is Cc1cc(Cl)cc2c1OCCCC2NCCCOCCO. The summed E-state index contributed by atoms with van der Waals surface area (Å²) < 4.78 is 11.1. The van der Waals surface area contributed by atoms with Crippen LogP contribution < -0.4 is 10.1 Å². The van der Waals surface area contributed by atoms with Crippen LogP contribution in [0.5, 0.6) is 5.75 Å². The molecule has 1 aliphatic rings. The molecule has 2 N–H and O–H groups in total. The van der Waals surface area contributed by atoms with Crippen LogP contribution in [0.2, 0.25) is 5.02 Å². The quantitative estimate of drug-likeness (QED) is 0.760. The van der Waals surface area contributed by atoms with Gasteiger partial charge in [0, 0.05) is 23.2 Å². The number of ether oxygens (including phenoxy) is 2. The van der Waals surface area contributed by atoms with Crippen LogP contribution in [0.3, 0.4) is 0 Å². The molecule has 1 atom stereocenters. The van der Waals surface area contributed by atoms with Gasteiger partial charge in [-0.15, -0.1) is 0 Å². The summed E-state index contributed by atoms with van der Waals surface area (Å²) in [6.45, 7) is 4.83. The molecular weight excluding hydrogens is 290 g/mol. The number of aryl methyl sites for hydroxylation is 1. The summed E-state index contributed by atoms with van der Waals surface area (Å²) in [6, 6.07) is 4.23. The summed E-state index contributed by atoms with van der Waals surface area (Å²) in [7, 11) is 0. The molecular formula is C16H24ClNO3. The van der Waals surface area contributed by atoms with Gasteiger partial charge in [-0.25, -0.2) is 0 Å². The number of aliphatic hydroxyl groups is 1. The van der Waals surface area contributed by atoms with Crippen molar-refractivity contribution in [3.05, 3.63) is 28.3 Å². The van der Waals surface area contributed by atoms with Crippen LogP contribution in [0.1, 0.15) is 36.4 Å². The Labute approximate surface area is 131 Å². The Balaban J connectivity index is 1.94. The van der Waals surface area contributed by atoms with E-state index in [4.69, 9.17) is 26.2 Å². The predicted octanol–water partition coefficient (Wildman–Crippen LogP) is 2.85. The predicted molar refractivity (Wildman–Crippen MR) is 84.2 cm³/mol. The Morgan fingerprint density at radius 3 is 3.10 bits per heavy atom. The van der Waals surface area contributed by atoms with Gasteiger partial charge in [-0.2, -0.15) is 0 Å². The number of hydrogen-bond donors (Lipinski definition) is 2. The van der Waals surface area contributed by atoms with E-state index in [0.29, 0.717) is 13.2 Å². The molecule has 1 unspecified atom stereocenters. The second kappa shape index (κ2) is 8.59. The Kier molecular flexibility index (Phi) is 6.77. The molecule has 0 spiro atoms. The van der Waals surface area contributed by atoms with Crippen molar-refractivity contribution in [2.45, 2.75) is 32.2 Å². The number of halogens is 1. The summed E-state index contributed by atoms with van der Waals surface area (Å²) in [4.78, 5) is 0. The maximum absolute atomic E-state index is 8.65. The molecule has 118 valence electrons.